The zero-order valence-electron chi connectivity index (χ0n) is 26.8. The largest absolute Gasteiger partial charge is 0.353 e. The molecular formula is C35H59N3O3. The van der Waals surface area contributed by atoms with Crippen LogP contribution in [-0.2, 0) is 14.3 Å². The monoisotopic (exact) mass is 569 g/mol. The average Bonchev–Trinajstić information content (AvgIpc) is 3.40. The van der Waals surface area contributed by atoms with Crippen molar-refractivity contribution in [3.8, 4) is 0 Å². The molecule has 0 aromatic carbocycles. The maximum absolute atomic E-state index is 12.9. The van der Waals surface area contributed by atoms with Crippen LogP contribution in [0, 0.1) is 52.3 Å². The van der Waals surface area contributed by atoms with Crippen LogP contribution in [0.4, 0.5) is 0 Å². The minimum Gasteiger partial charge on any atom is -0.353 e. The van der Waals surface area contributed by atoms with Gasteiger partial charge in [-0.15, -0.1) is 0 Å². The van der Waals surface area contributed by atoms with Crippen molar-refractivity contribution < 1.29 is 14.3 Å². The molecule has 1 amide bonds. The van der Waals surface area contributed by atoms with Crippen LogP contribution in [0.15, 0.2) is 0 Å². The molecular weight excluding hydrogens is 510 g/mol. The third kappa shape index (κ3) is 4.84. The molecule has 0 aromatic rings. The van der Waals surface area contributed by atoms with E-state index in [-0.39, 0.29) is 11.7 Å². The molecule has 6 nitrogen and oxygen atoms in total. The van der Waals surface area contributed by atoms with Crippen molar-refractivity contribution in [3.63, 3.8) is 0 Å². The summed E-state index contributed by atoms with van der Waals surface area (Å²) < 4.78 is 13.5. The second-order valence-corrected chi connectivity index (χ2v) is 16.6. The van der Waals surface area contributed by atoms with Gasteiger partial charge in [-0.1, -0.05) is 27.7 Å². The van der Waals surface area contributed by atoms with Crippen molar-refractivity contribution in [3.05, 3.63) is 0 Å². The smallest absolute Gasteiger partial charge is 0.221 e. The van der Waals surface area contributed by atoms with Crippen LogP contribution < -0.4 is 5.32 Å². The highest BCUT2D eigenvalue weighted by Crippen LogP contribution is 2.71. The van der Waals surface area contributed by atoms with Gasteiger partial charge in [0.15, 0.2) is 5.79 Å². The SMILES string of the molecule is C[C@@H]1CC[C@@]2(OC1)O[C@H]1C[C@H]3[C@@H]4CC[C@@H]5C[C@@H](NC(=O)CCN6CCN(C)CC6)CC[C@]5(C)[C@H]4CC[C@]3(C)[C@H]1[C@@H]2C. The molecule has 1 spiro atoms. The lowest BCUT2D eigenvalue weighted by molar-refractivity contribution is -0.273. The number of fused-ring (bicyclic) bond motifs is 7. The number of nitrogens with one attached hydrogen (secondary N) is 1. The number of likely N-dealkylation sites (N-methyl/N-ethyl adjacent to an activating group) is 1. The van der Waals surface area contributed by atoms with Crippen molar-refractivity contribution in [1.29, 1.82) is 0 Å². The van der Waals surface area contributed by atoms with Gasteiger partial charge in [0, 0.05) is 57.5 Å². The molecule has 7 rings (SSSR count). The zero-order chi connectivity index (χ0) is 28.6. The van der Waals surface area contributed by atoms with Crippen LogP contribution in [-0.4, -0.2) is 80.0 Å². The molecule has 4 aliphatic carbocycles. The lowest BCUT2D eigenvalue weighted by atomic mass is 9.44. The van der Waals surface area contributed by atoms with E-state index in [0.29, 0.717) is 47.2 Å². The highest BCUT2D eigenvalue weighted by Gasteiger charge is 2.69. The lowest BCUT2D eigenvalue weighted by Crippen LogP contribution is -2.56. The molecule has 0 unspecified atom stereocenters. The van der Waals surface area contributed by atoms with Crippen LogP contribution in [0.1, 0.15) is 98.3 Å². The zero-order valence-corrected chi connectivity index (χ0v) is 26.8. The molecule has 41 heavy (non-hydrogen) atoms. The fraction of sp³-hybridized carbons (Fsp3) is 0.971. The summed E-state index contributed by atoms with van der Waals surface area (Å²) in [5, 5.41) is 3.49. The Morgan fingerprint density at radius 1 is 0.902 bits per heavy atom. The quantitative estimate of drug-likeness (QED) is 0.481. The van der Waals surface area contributed by atoms with E-state index >= 15 is 0 Å². The number of amides is 1. The van der Waals surface area contributed by atoms with E-state index in [0.717, 1.165) is 69.4 Å². The highest BCUT2D eigenvalue weighted by molar-refractivity contribution is 5.76. The molecule has 3 saturated heterocycles. The molecule has 0 radical (unpaired) electrons. The summed E-state index contributed by atoms with van der Waals surface area (Å²) in [6.45, 7) is 16.3. The van der Waals surface area contributed by atoms with Crippen molar-refractivity contribution >= 4 is 5.91 Å². The van der Waals surface area contributed by atoms with E-state index in [1.807, 2.05) is 0 Å². The second kappa shape index (κ2) is 10.7. The lowest BCUT2D eigenvalue weighted by Gasteiger charge is -2.61. The number of rotatable bonds is 4. The van der Waals surface area contributed by atoms with Crippen LogP contribution in [0.2, 0.25) is 0 Å². The Labute approximate surface area is 250 Å². The Kier molecular flexibility index (Phi) is 7.60. The number of hydrogen-bond acceptors (Lipinski definition) is 5. The molecule has 12 atom stereocenters. The summed E-state index contributed by atoms with van der Waals surface area (Å²) in [7, 11) is 2.19. The molecule has 3 aliphatic heterocycles. The van der Waals surface area contributed by atoms with E-state index < -0.39 is 0 Å². The number of hydrogen-bond donors (Lipinski definition) is 1. The topological polar surface area (TPSA) is 54.0 Å². The Hall–Kier alpha value is -0.690. The van der Waals surface area contributed by atoms with Crippen molar-refractivity contribution in [1.82, 2.24) is 15.1 Å². The molecule has 3 heterocycles. The van der Waals surface area contributed by atoms with E-state index in [4.69, 9.17) is 9.47 Å². The predicted molar refractivity (Wildman–Crippen MR) is 162 cm³/mol. The Bertz CT molecular complexity index is 974. The van der Waals surface area contributed by atoms with Gasteiger partial charge in [0.25, 0.3) is 0 Å². The fourth-order valence-corrected chi connectivity index (χ4v) is 12.0. The first-order chi connectivity index (χ1) is 19.6. The second-order valence-electron chi connectivity index (χ2n) is 16.6. The minimum atomic E-state index is -0.302. The molecule has 7 fully saturated rings. The molecule has 0 aromatic heterocycles. The Morgan fingerprint density at radius 2 is 1.68 bits per heavy atom. The number of carbonyl (C=O) groups is 1. The van der Waals surface area contributed by atoms with E-state index in [1.165, 1.54) is 57.8 Å². The maximum Gasteiger partial charge on any atom is 0.221 e. The van der Waals surface area contributed by atoms with E-state index in [9.17, 15) is 4.79 Å². The van der Waals surface area contributed by atoms with Gasteiger partial charge in [0.2, 0.25) is 5.91 Å². The molecule has 232 valence electrons. The van der Waals surface area contributed by atoms with Crippen LogP contribution in [0.5, 0.6) is 0 Å². The first-order valence-electron chi connectivity index (χ1n) is 17.6. The van der Waals surface area contributed by atoms with Gasteiger partial charge in [0.1, 0.15) is 0 Å². The van der Waals surface area contributed by atoms with Gasteiger partial charge in [-0.05, 0) is 111 Å². The number of carbonyl (C=O) groups excluding carboxylic acids is 1. The van der Waals surface area contributed by atoms with Gasteiger partial charge in [0.05, 0.1) is 12.7 Å². The van der Waals surface area contributed by atoms with Gasteiger partial charge >= 0.3 is 0 Å². The highest BCUT2D eigenvalue weighted by atomic mass is 16.7. The standard InChI is InChI=1S/C35H59N3O3/c1-23-8-14-35(40-22-23)24(2)32-30(41-35)21-29-27-7-6-25-20-26(9-12-33(25,3)28(27)10-13-34(29,32)4)36-31(39)11-15-38-18-16-37(5)17-19-38/h23-30,32H,6-22H2,1-5H3,(H,36,39)/t23-,24+,25-,26+,27-,28+,29+,30+,32+,33+,34+,35-/m1/s1. The summed E-state index contributed by atoms with van der Waals surface area (Å²) in [6, 6.07) is 0.382. The Morgan fingerprint density at radius 3 is 2.44 bits per heavy atom. The molecule has 4 saturated carbocycles. The van der Waals surface area contributed by atoms with E-state index in [1.54, 1.807) is 0 Å². The molecule has 7 aliphatic rings. The number of ether oxygens (including phenoxy) is 2. The van der Waals surface area contributed by atoms with Crippen molar-refractivity contribution in [2.75, 3.05) is 46.4 Å². The minimum absolute atomic E-state index is 0.278. The summed E-state index contributed by atoms with van der Waals surface area (Å²) in [5.74, 6) is 5.09. The van der Waals surface area contributed by atoms with Crippen LogP contribution in [0.25, 0.3) is 0 Å². The molecule has 6 heteroatoms. The van der Waals surface area contributed by atoms with E-state index in [2.05, 4.69) is 49.9 Å². The third-order valence-corrected chi connectivity index (χ3v) is 14.5. The Balaban J connectivity index is 0.964. The number of piperazine rings is 1. The molecule has 0 bridgehead atoms. The molecule has 1 N–H and O–H groups in total. The van der Waals surface area contributed by atoms with Gasteiger partial charge in [-0.3, -0.25) is 4.79 Å². The average molecular weight is 570 g/mol. The van der Waals surface area contributed by atoms with Gasteiger partial charge in [-0.25, -0.2) is 0 Å². The summed E-state index contributed by atoms with van der Waals surface area (Å²) in [5.41, 5.74) is 0.846. The third-order valence-electron chi connectivity index (χ3n) is 14.5. The first kappa shape index (κ1) is 29.0. The predicted octanol–water partition coefficient (Wildman–Crippen LogP) is 5.56. The number of nitrogens with zero attached hydrogens (tertiary/aromatic N) is 2. The summed E-state index contributed by atoms with van der Waals surface area (Å²) >= 11 is 0. The van der Waals surface area contributed by atoms with Gasteiger partial charge in [-0.2, -0.15) is 0 Å². The van der Waals surface area contributed by atoms with Crippen molar-refractivity contribution in [2.45, 2.75) is 116 Å². The maximum atomic E-state index is 12.9. The first-order valence-corrected chi connectivity index (χ1v) is 17.6. The van der Waals surface area contributed by atoms with Gasteiger partial charge < -0.3 is 24.6 Å². The van der Waals surface area contributed by atoms with Crippen LogP contribution >= 0.6 is 0 Å². The summed E-state index contributed by atoms with van der Waals surface area (Å²) in [6.07, 6.45) is 13.8. The summed E-state index contributed by atoms with van der Waals surface area (Å²) in [4.78, 5) is 17.8. The van der Waals surface area contributed by atoms with Crippen molar-refractivity contribution in [2.24, 2.45) is 52.3 Å². The fourth-order valence-electron chi connectivity index (χ4n) is 12.0. The van der Waals surface area contributed by atoms with Crippen LogP contribution in [0.3, 0.4) is 0 Å². The normalized spacial score (nSPS) is 52.0.